The zero-order chi connectivity index (χ0) is 12.8. The molecule has 0 aliphatic carbocycles. The van der Waals surface area contributed by atoms with Crippen LogP contribution in [0.2, 0.25) is 0 Å². The number of hydrogen-bond acceptors (Lipinski definition) is 3. The van der Waals surface area contributed by atoms with E-state index in [0.717, 1.165) is 31.6 Å². The van der Waals surface area contributed by atoms with Crippen molar-refractivity contribution in [3.05, 3.63) is 0 Å². The van der Waals surface area contributed by atoms with Crippen LogP contribution >= 0.6 is 11.8 Å². The predicted molar refractivity (Wildman–Crippen MR) is 74.9 cm³/mol. The van der Waals surface area contributed by atoms with Gasteiger partial charge in [0, 0.05) is 31.0 Å². The van der Waals surface area contributed by atoms with Crippen molar-refractivity contribution in [3.63, 3.8) is 0 Å². The highest BCUT2D eigenvalue weighted by molar-refractivity contribution is 7.99. The first kappa shape index (κ1) is 14.0. The normalized spacial score (nSPS) is 29.1. The highest BCUT2D eigenvalue weighted by Gasteiger charge is 2.27. The van der Waals surface area contributed by atoms with E-state index in [0.29, 0.717) is 12.5 Å². The van der Waals surface area contributed by atoms with Gasteiger partial charge in [-0.2, -0.15) is 11.8 Å². The van der Waals surface area contributed by atoms with E-state index >= 15 is 0 Å². The summed E-state index contributed by atoms with van der Waals surface area (Å²) in [5.74, 6) is 2.27. The van der Waals surface area contributed by atoms with E-state index in [4.69, 9.17) is 5.11 Å². The number of urea groups is 1. The van der Waals surface area contributed by atoms with Crippen LogP contribution in [0.25, 0.3) is 0 Å². The summed E-state index contributed by atoms with van der Waals surface area (Å²) in [5.41, 5.74) is 0. The van der Waals surface area contributed by atoms with Crippen molar-refractivity contribution in [3.8, 4) is 0 Å². The number of piperidine rings is 1. The van der Waals surface area contributed by atoms with Gasteiger partial charge in [0.25, 0.3) is 0 Å². The second-order valence-electron chi connectivity index (χ2n) is 5.22. The summed E-state index contributed by atoms with van der Waals surface area (Å²) in [7, 11) is 0. The monoisotopic (exact) mass is 272 g/mol. The van der Waals surface area contributed by atoms with E-state index in [-0.39, 0.29) is 18.7 Å². The molecule has 0 aromatic carbocycles. The van der Waals surface area contributed by atoms with Crippen molar-refractivity contribution in [2.75, 3.05) is 24.7 Å². The Kier molecular flexibility index (Phi) is 5.63. The Bertz CT molecular complexity index is 268. The number of thioether (sulfide) groups is 1. The van der Waals surface area contributed by atoms with E-state index in [1.165, 1.54) is 18.6 Å². The Labute approximate surface area is 113 Å². The molecule has 4 nitrogen and oxygen atoms in total. The molecule has 0 spiro atoms. The fourth-order valence-electron chi connectivity index (χ4n) is 2.83. The number of amides is 2. The third-order valence-electron chi connectivity index (χ3n) is 3.84. The quantitative estimate of drug-likeness (QED) is 0.824. The summed E-state index contributed by atoms with van der Waals surface area (Å²) >= 11 is 1.93. The van der Waals surface area contributed by atoms with Crippen molar-refractivity contribution in [2.45, 2.75) is 50.6 Å². The molecule has 2 aliphatic rings. The number of carbonyl (C=O) groups excluding carboxylic acids is 1. The number of carbonyl (C=O) groups is 1. The molecular weight excluding hydrogens is 248 g/mol. The third kappa shape index (κ3) is 3.79. The smallest absolute Gasteiger partial charge is 0.317 e. The molecule has 2 N–H and O–H groups in total. The van der Waals surface area contributed by atoms with Crippen LogP contribution in [0.3, 0.4) is 0 Å². The maximum atomic E-state index is 12.3. The molecule has 0 saturated carbocycles. The summed E-state index contributed by atoms with van der Waals surface area (Å²) < 4.78 is 0. The van der Waals surface area contributed by atoms with Gasteiger partial charge >= 0.3 is 6.03 Å². The van der Waals surface area contributed by atoms with Crippen molar-refractivity contribution >= 4 is 17.8 Å². The number of nitrogens with one attached hydrogen (secondary N) is 1. The first-order valence-electron chi connectivity index (χ1n) is 7.07. The standard InChI is InChI=1S/C13H24N2O2S/c16-8-6-12-5-1-2-7-15(12)13(17)14-11-4-3-9-18-10-11/h11-12,16H,1-10H2,(H,14,17)/t11-,12+/m1/s1. The van der Waals surface area contributed by atoms with Gasteiger partial charge in [-0.05, 0) is 44.3 Å². The molecule has 0 bridgehead atoms. The highest BCUT2D eigenvalue weighted by atomic mass is 32.2. The molecule has 2 fully saturated rings. The number of likely N-dealkylation sites (tertiary alicyclic amines) is 1. The molecule has 2 rings (SSSR count). The van der Waals surface area contributed by atoms with Gasteiger partial charge in [0.05, 0.1) is 0 Å². The van der Waals surface area contributed by atoms with Gasteiger partial charge in [0.15, 0.2) is 0 Å². The molecule has 0 aromatic heterocycles. The van der Waals surface area contributed by atoms with Crippen molar-refractivity contribution < 1.29 is 9.90 Å². The zero-order valence-electron chi connectivity index (χ0n) is 10.9. The zero-order valence-corrected chi connectivity index (χ0v) is 11.8. The van der Waals surface area contributed by atoms with E-state index in [1.807, 2.05) is 16.7 Å². The molecule has 18 heavy (non-hydrogen) atoms. The van der Waals surface area contributed by atoms with E-state index in [2.05, 4.69) is 5.32 Å². The summed E-state index contributed by atoms with van der Waals surface area (Å²) in [4.78, 5) is 14.2. The predicted octanol–water partition coefficient (Wildman–Crippen LogP) is 1.83. The van der Waals surface area contributed by atoms with Gasteiger partial charge in [-0.3, -0.25) is 0 Å². The number of rotatable bonds is 3. The summed E-state index contributed by atoms with van der Waals surface area (Å²) in [6.45, 7) is 1.02. The topological polar surface area (TPSA) is 52.6 Å². The lowest BCUT2D eigenvalue weighted by Gasteiger charge is -2.37. The molecule has 2 saturated heterocycles. The lowest BCUT2D eigenvalue weighted by atomic mass is 10.00. The van der Waals surface area contributed by atoms with Crippen molar-refractivity contribution in [2.24, 2.45) is 0 Å². The average molecular weight is 272 g/mol. The van der Waals surface area contributed by atoms with Crippen LogP contribution in [0.5, 0.6) is 0 Å². The van der Waals surface area contributed by atoms with Crippen LogP contribution < -0.4 is 5.32 Å². The Balaban J connectivity index is 1.84. The molecule has 2 heterocycles. The van der Waals surface area contributed by atoms with Gasteiger partial charge in [-0.15, -0.1) is 0 Å². The van der Waals surface area contributed by atoms with Gasteiger partial charge in [-0.25, -0.2) is 4.79 Å². The Morgan fingerprint density at radius 1 is 1.33 bits per heavy atom. The van der Waals surface area contributed by atoms with E-state index in [9.17, 15) is 4.79 Å². The molecular formula is C13H24N2O2S. The van der Waals surface area contributed by atoms with Crippen LogP contribution in [0, 0.1) is 0 Å². The highest BCUT2D eigenvalue weighted by Crippen LogP contribution is 2.21. The van der Waals surface area contributed by atoms with Gasteiger partial charge in [0.1, 0.15) is 0 Å². The molecule has 0 radical (unpaired) electrons. The van der Waals surface area contributed by atoms with Crippen LogP contribution in [-0.4, -0.2) is 52.8 Å². The molecule has 2 atom stereocenters. The molecule has 2 amide bonds. The minimum atomic E-state index is 0.0839. The van der Waals surface area contributed by atoms with E-state index in [1.54, 1.807) is 0 Å². The van der Waals surface area contributed by atoms with Crippen LogP contribution in [0.4, 0.5) is 4.79 Å². The van der Waals surface area contributed by atoms with Crippen LogP contribution in [0.1, 0.15) is 38.5 Å². The second kappa shape index (κ2) is 7.24. The van der Waals surface area contributed by atoms with Gasteiger partial charge < -0.3 is 15.3 Å². The Morgan fingerprint density at radius 3 is 2.94 bits per heavy atom. The average Bonchev–Trinajstić information content (AvgIpc) is 2.41. The maximum Gasteiger partial charge on any atom is 0.317 e. The van der Waals surface area contributed by atoms with Crippen molar-refractivity contribution in [1.82, 2.24) is 10.2 Å². The molecule has 0 unspecified atom stereocenters. The summed E-state index contributed by atoms with van der Waals surface area (Å²) in [5, 5.41) is 12.2. The minimum absolute atomic E-state index is 0.0839. The number of aliphatic hydroxyl groups excluding tert-OH is 1. The first-order valence-corrected chi connectivity index (χ1v) is 8.22. The van der Waals surface area contributed by atoms with Crippen LogP contribution in [0.15, 0.2) is 0 Å². The lowest BCUT2D eigenvalue weighted by Crippen LogP contribution is -2.52. The maximum absolute atomic E-state index is 12.3. The SMILES string of the molecule is O=C(N[C@@H]1CCCSC1)N1CCCC[C@H]1CCO. The Morgan fingerprint density at radius 2 is 2.22 bits per heavy atom. The van der Waals surface area contributed by atoms with Gasteiger partial charge in [-0.1, -0.05) is 0 Å². The molecule has 104 valence electrons. The summed E-state index contributed by atoms with van der Waals surface area (Å²) in [6.07, 6.45) is 6.33. The summed E-state index contributed by atoms with van der Waals surface area (Å²) in [6, 6.07) is 0.661. The fraction of sp³-hybridized carbons (Fsp3) is 0.923. The molecule has 2 aliphatic heterocycles. The third-order valence-corrected chi connectivity index (χ3v) is 5.05. The van der Waals surface area contributed by atoms with Gasteiger partial charge in [0.2, 0.25) is 0 Å². The first-order chi connectivity index (χ1) is 8.81. The van der Waals surface area contributed by atoms with Crippen LogP contribution in [-0.2, 0) is 0 Å². The Hall–Kier alpha value is -0.420. The fourth-order valence-corrected chi connectivity index (χ4v) is 3.90. The van der Waals surface area contributed by atoms with Crippen molar-refractivity contribution in [1.29, 1.82) is 0 Å². The number of nitrogens with zero attached hydrogens (tertiary/aromatic N) is 1. The number of hydrogen-bond donors (Lipinski definition) is 2. The molecule has 5 heteroatoms. The minimum Gasteiger partial charge on any atom is -0.396 e. The number of aliphatic hydroxyl groups is 1. The largest absolute Gasteiger partial charge is 0.396 e. The molecule has 0 aromatic rings. The second-order valence-corrected chi connectivity index (χ2v) is 6.37. The lowest BCUT2D eigenvalue weighted by molar-refractivity contribution is 0.129. The van der Waals surface area contributed by atoms with E-state index < -0.39 is 0 Å².